The molecule has 0 saturated heterocycles. The fraction of sp³-hybridized carbons (Fsp3) is 0.538. The number of carboxylic acids is 2. The van der Waals surface area contributed by atoms with Gasteiger partial charge in [0.05, 0.1) is 27.7 Å². The van der Waals surface area contributed by atoms with Crippen molar-refractivity contribution in [3.05, 3.63) is 24.3 Å². The lowest BCUT2D eigenvalue weighted by Gasteiger charge is -2.21. The van der Waals surface area contributed by atoms with Crippen LogP contribution in [0.1, 0.15) is 13.8 Å². The predicted octanol–water partition coefficient (Wildman–Crippen LogP) is 0.979. The first-order chi connectivity index (χ1) is 8.35. The van der Waals surface area contributed by atoms with E-state index in [-0.39, 0.29) is 17.8 Å². The number of quaternary nitrogens is 1. The van der Waals surface area contributed by atoms with E-state index in [4.69, 9.17) is 15.3 Å². The van der Waals surface area contributed by atoms with E-state index >= 15 is 0 Å². The lowest BCUT2D eigenvalue weighted by Crippen LogP contribution is -2.36. The third-order valence-corrected chi connectivity index (χ3v) is 1.50. The van der Waals surface area contributed by atoms with Crippen molar-refractivity contribution in [2.45, 2.75) is 13.8 Å². The van der Waals surface area contributed by atoms with Crippen molar-refractivity contribution in [2.75, 3.05) is 34.3 Å². The molecular formula is C13H26NO5+. The zero-order valence-electron chi connectivity index (χ0n) is 12.4. The molecule has 112 valence electrons. The van der Waals surface area contributed by atoms with E-state index in [9.17, 15) is 9.59 Å². The molecular weight excluding hydrogens is 250 g/mol. The van der Waals surface area contributed by atoms with Crippen LogP contribution in [0.5, 0.6) is 0 Å². The molecule has 0 aliphatic heterocycles. The number of carbonyl (C=O) groups is 2. The topological polar surface area (TPSA) is 94.8 Å². The second-order valence-electron chi connectivity index (χ2n) is 4.91. The molecule has 0 bridgehead atoms. The van der Waals surface area contributed by atoms with Gasteiger partial charge in [0.15, 0.2) is 0 Å². The smallest absolute Gasteiger partial charge is 0.330 e. The van der Waals surface area contributed by atoms with E-state index in [0.717, 1.165) is 11.0 Å². The second-order valence-corrected chi connectivity index (χ2v) is 4.91. The zero-order chi connectivity index (χ0) is 16.2. The number of rotatable bonds is 4. The van der Waals surface area contributed by atoms with Crippen molar-refractivity contribution in [1.82, 2.24) is 0 Å². The van der Waals surface area contributed by atoms with Gasteiger partial charge in [-0.1, -0.05) is 13.2 Å². The standard InChI is InChI=1S/C5H14NO.2C4H6O2/c1-6(2,3)4-5-7;2*1-3(2)4(5)6/h7H,4-5H2,1-3H3;2*1H2,2H3,(H,5,6)/q+1;;. The van der Waals surface area contributed by atoms with Crippen LogP contribution in [0.25, 0.3) is 0 Å². The number of carboxylic acid groups (broad SMARTS) is 2. The van der Waals surface area contributed by atoms with E-state index < -0.39 is 11.9 Å². The quantitative estimate of drug-likeness (QED) is 0.525. The molecule has 0 amide bonds. The largest absolute Gasteiger partial charge is 0.478 e. The molecule has 0 atom stereocenters. The highest BCUT2D eigenvalue weighted by molar-refractivity contribution is 5.85. The molecule has 0 rings (SSSR count). The van der Waals surface area contributed by atoms with Crippen LogP contribution in [0.15, 0.2) is 24.3 Å². The Kier molecular flexibility index (Phi) is 13.5. The van der Waals surface area contributed by atoms with E-state index in [2.05, 4.69) is 34.3 Å². The van der Waals surface area contributed by atoms with Crippen molar-refractivity contribution >= 4 is 11.9 Å². The molecule has 0 heterocycles. The lowest BCUT2D eigenvalue weighted by atomic mass is 10.4. The van der Waals surface area contributed by atoms with Crippen LogP contribution in [-0.4, -0.2) is 66.0 Å². The molecule has 0 radical (unpaired) electrons. The maximum atomic E-state index is 9.60. The number of aliphatic carboxylic acids is 2. The number of aliphatic hydroxyl groups excluding tert-OH is 1. The minimum Gasteiger partial charge on any atom is -0.478 e. The molecule has 0 aromatic carbocycles. The van der Waals surface area contributed by atoms with Crippen molar-refractivity contribution < 1.29 is 29.4 Å². The van der Waals surface area contributed by atoms with Gasteiger partial charge in [-0.3, -0.25) is 0 Å². The highest BCUT2D eigenvalue weighted by Gasteiger charge is 2.02. The number of nitrogens with zero attached hydrogens (tertiary/aromatic N) is 1. The fourth-order valence-electron chi connectivity index (χ4n) is 0.300. The average Bonchev–Trinajstić information content (AvgIpc) is 2.16. The van der Waals surface area contributed by atoms with Gasteiger partial charge in [0, 0.05) is 11.1 Å². The van der Waals surface area contributed by atoms with Crippen LogP contribution >= 0.6 is 0 Å². The molecule has 0 aromatic rings. The normalized spacial score (nSPS) is 9.16. The Hall–Kier alpha value is -1.66. The van der Waals surface area contributed by atoms with E-state index in [0.29, 0.717) is 0 Å². The number of hydrogen-bond acceptors (Lipinski definition) is 3. The average molecular weight is 276 g/mol. The monoisotopic (exact) mass is 276 g/mol. The van der Waals surface area contributed by atoms with Crippen molar-refractivity contribution in [3.63, 3.8) is 0 Å². The summed E-state index contributed by atoms with van der Waals surface area (Å²) in [7, 11) is 6.16. The van der Waals surface area contributed by atoms with Gasteiger partial charge in [-0.25, -0.2) is 9.59 Å². The van der Waals surface area contributed by atoms with Gasteiger partial charge >= 0.3 is 11.9 Å². The molecule has 19 heavy (non-hydrogen) atoms. The number of likely N-dealkylation sites (N-methyl/N-ethyl adjacent to an activating group) is 1. The van der Waals surface area contributed by atoms with E-state index in [1.165, 1.54) is 13.8 Å². The Labute approximate surface area is 114 Å². The van der Waals surface area contributed by atoms with E-state index in [1.54, 1.807) is 0 Å². The molecule has 6 nitrogen and oxygen atoms in total. The second kappa shape index (κ2) is 11.4. The van der Waals surface area contributed by atoms with Gasteiger partial charge in [0.25, 0.3) is 0 Å². The Balaban J connectivity index is -0.000000203. The first kappa shape index (κ1) is 22.5. The van der Waals surface area contributed by atoms with Gasteiger partial charge in [0.1, 0.15) is 6.54 Å². The lowest BCUT2D eigenvalue weighted by molar-refractivity contribution is -0.870. The van der Waals surface area contributed by atoms with Crippen LogP contribution in [0.3, 0.4) is 0 Å². The maximum absolute atomic E-state index is 9.60. The molecule has 0 saturated carbocycles. The van der Waals surface area contributed by atoms with Crippen molar-refractivity contribution in [3.8, 4) is 0 Å². The first-order valence-electron chi connectivity index (χ1n) is 5.54. The molecule has 0 fully saturated rings. The Morgan fingerprint density at radius 3 is 1.16 bits per heavy atom. The summed E-state index contributed by atoms with van der Waals surface area (Å²) in [5.74, 6) is -1.87. The highest BCUT2D eigenvalue weighted by atomic mass is 16.4. The molecule has 0 aromatic heterocycles. The van der Waals surface area contributed by atoms with Crippen LogP contribution in [0, 0.1) is 0 Å². The number of hydrogen-bond donors (Lipinski definition) is 3. The van der Waals surface area contributed by atoms with Crippen LogP contribution in [-0.2, 0) is 9.59 Å². The predicted molar refractivity (Wildman–Crippen MR) is 74.9 cm³/mol. The highest BCUT2D eigenvalue weighted by Crippen LogP contribution is 1.84. The summed E-state index contributed by atoms with van der Waals surface area (Å²) in [5.41, 5.74) is 0.352. The summed E-state index contributed by atoms with van der Waals surface area (Å²) in [6.45, 7) is 10.3. The minimum absolute atomic E-state index is 0.176. The van der Waals surface area contributed by atoms with Crippen LogP contribution in [0.4, 0.5) is 0 Å². The molecule has 6 heteroatoms. The van der Waals surface area contributed by atoms with Gasteiger partial charge in [-0.15, -0.1) is 0 Å². The van der Waals surface area contributed by atoms with Crippen molar-refractivity contribution in [2.24, 2.45) is 0 Å². The molecule has 0 aliphatic rings. The maximum Gasteiger partial charge on any atom is 0.330 e. The van der Waals surface area contributed by atoms with Gasteiger partial charge in [-0.05, 0) is 13.8 Å². The molecule has 3 N–H and O–H groups in total. The first-order valence-corrected chi connectivity index (χ1v) is 5.54. The zero-order valence-corrected chi connectivity index (χ0v) is 12.4. The summed E-state index contributed by atoms with van der Waals surface area (Å²) in [6.07, 6.45) is 0. The van der Waals surface area contributed by atoms with Crippen LogP contribution < -0.4 is 0 Å². The third kappa shape index (κ3) is 31.4. The Bertz CT molecular complexity index is 267. The Morgan fingerprint density at radius 1 is 0.947 bits per heavy atom. The summed E-state index contributed by atoms with van der Waals surface area (Å²) < 4.78 is 0.844. The third-order valence-electron chi connectivity index (χ3n) is 1.50. The number of aliphatic hydroxyl groups is 1. The summed E-state index contributed by atoms with van der Waals surface area (Å²) >= 11 is 0. The summed E-state index contributed by atoms with van der Waals surface area (Å²) in [5, 5.41) is 24.2. The van der Waals surface area contributed by atoms with Gasteiger partial charge in [-0.2, -0.15) is 0 Å². The van der Waals surface area contributed by atoms with Gasteiger partial charge in [0.2, 0.25) is 0 Å². The van der Waals surface area contributed by atoms with Crippen LogP contribution in [0.2, 0.25) is 0 Å². The van der Waals surface area contributed by atoms with E-state index in [1.807, 2.05) is 0 Å². The summed E-state index contributed by atoms with van der Waals surface area (Å²) in [6, 6.07) is 0. The fourth-order valence-corrected chi connectivity index (χ4v) is 0.300. The Morgan fingerprint density at radius 2 is 1.16 bits per heavy atom. The SMILES string of the molecule is C=C(C)C(=O)O.C=C(C)C(=O)O.C[N+](C)(C)CCO. The molecule has 0 aliphatic carbocycles. The van der Waals surface area contributed by atoms with Crippen molar-refractivity contribution in [1.29, 1.82) is 0 Å². The minimum atomic E-state index is -0.935. The molecule has 0 unspecified atom stereocenters. The summed E-state index contributed by atoms with van der Waals surface area (Å²) in [4.78, 5) is 19.2. The van der Waals surface area contributed by atoms with Gasteiger partial charge < -0.3 is 19.8 Å². The molecule has 0 spiro atoms.